The third kappa shape index (κ3) is 5.65. The minimum absolute atomic E-state index is 0. The summed E-state index contributed by atoms with van der Waals surface area (Å²) >= 11 is 12.2. The number of aromatic nitrogens is 3. The van der Waals surface area contributed by atoms with Crippen LogP contribution in [0.15, 0.2) is 53.8 Å². The number of guanidine groups is 1. The molecule has 9 heteroatoms. The van der Waals surface area contributed by atoms with Crippen molar-refractivity contribution >= 4 is 53.1 Å². The molecule has 6 nitrogen and oxygen atoms in total. The number of nitrogens with one attached hydrogen (secondary N) is 2. The molecule has 0 aliphatic carbocycles. The van der Waals surface area contributed by atoms with E-state index in [1.165, 1.54) is 0 Å². The Morgan fingerprint density at radius 1 is 1.18 bits per heavy atom. The van der Waals surface area contributed by atoms with Gasteiger partial charge in [0.1, 0.15) is 5.15 Å². The molecule has 2 heterocycles. The van der Waals surface area contributed by atoms with Crippen LogP contribution in [0.25, 0.3) is 5.69 Å². The molecule has 2 N–H and O–H groups in total. The van der Waals surface area contributed by atoms with Gasteiger partial charge in [-0.15, -0.1) is 24.0 Å². The molecule has 0 aliphatic rings. The second-order valence-corrected chi connectivity index (χ2v) is 6.76. The molecule has 0 spiro atoms. The van der Waals surface area contributed by atoms with Gasteiger partial charge in [-0.05, 0) is 36.8 Å². The van der Waals surface area contributed by atoms with E-state index in [2.05, 4.69) is 32.9 Å². The van der Waals surface area contributed by atoms with Crippen LogP contribution in [0, 0.1) is 0 Å². The summed E-state index contributed by atoms with van der Waals surface area (Å²) in [6, 6.07) is 11.9. The number of rotatable bonds is 6. The number of halogens is 3. The maximum absolute atomic E-state index is 6.12. The number of nitrogens with zero attached hydrogens (tertiary/aromatic N) is 4. The maximum atomic E-state index is 6.12. The van der Waals surface area contributed by atoms with Crippen molar-refractivity contribution in [1.29, 1.82) is 0 Å². The van der Waals surface area contributed by atoms with E-state index in [4.69, 9.17) is 23.2 Å². The van der Waals surface area contributed by atoms with Gasteiger partial charge in [0.25, 0.3) is 0 Å². The molecule has 0 atom stereocenters. The maximum Gasteiger partial charge on any atom is 0.191 e. The Morgan fingerprint density at radius 3 is 2.50 bits per heavy atom. The smallest absolute Gasteiger partial charge is 0.191 e. The molecule has 0 unspecified atom stereocenters. The van der Waals surface area contributed by atoms with Gasteiger partial charge in [-0.2, -0.15) is 5.10 Å². The van der Waals surface area contributed by atoms with Gasteiger partial charge < -0.3 is 15.2 Å². The standard InChI is InChI=1S/C19H22Cl2N6.HI/c1-3-22-19(24-13-16-11-17(20)18(21)26(16)2)23-12-14-5-7-15(8-6-14)27-10-4-9-25-27;/h4-11H,3,12-13H2,1-2H3,(H2,22,23,24);1H. The van der Waals surface area contributed by atoms with Crippen LogP contribution in [0.1, 0.15) is 18.2 Å². The van der Waals surface area contributed by atoms with Crippen LogP contribution in [0.4, 0.5) is 0 Å². The van der Waals surface area contributed by atoms with Crippen LogP contribution in [-0.2, 0) is 20.1 Å². The largest absolute Gasteiger partial charge is 0.357 e. The summed E-state index contributed by atoms with van der Waals surface area (Å²) in [5.41, 5.74) is 3.13. The lowest BCUT2D eigenvalue weighted by Gasteiger charge is -2.12. The van der Waals surface area contributed by atoms with Gasteiger partial charge in [0, 0.05) is 31.7 Å². The zero-order chi connectivity index (χ0) is 19.2. The molecule has 0 saturated carbocycles. The fourth-order valence-corrected chi connectivity index (χ4v) is 3.04. The molecule has 1 aromatic carbocycles. The molecule has 150 valence electrons. The van der Waals surface area contributed by atoms with Gasteiger partial charge in [-0.3, -0.25) is 0 Å². The molecule has 28 heavy (non-hydrogen) atoms. The summed E-state index contributed by atoms with van der Waals surface area (Å²) in [5.74, 6) is 0.738. The van der Waals surface area contributed by atoms with Gasteiger partial charge >= 0.3 is 0 Å². The quantitative estimate of drug-likeness (QED) is 0.281. The van der Waals surface area contributed by atoms with Crippen molar-refractivity contribution in [2.45, 2.75) is 20.0 Å². The minimum atomic E-state index is 0. The molecule has 2 aromatic heterocycles. The molecule has 3 aromatic rings. The Hall–Kier alpha value is -1.71. The zero-order valence-corrected chi connectivity index (χ0v) is 19.5. The highest BCUT2D eigenvalue weighted by atomic mass is 127. The molecule has 0 saturated heterocycles. The second-order valence-electron chi connectivity index (χ2n) is 6.00. The molecular weight excluding hydrogens is 510 g/mol. The lowest BCUT2D eigenvalue weighted by atomic mass is 10.2. The summed E-state index contributed by atoms with van der Waals surface area (Å²) in [6.45, 7) is 3.96. The Morgan fingerprint density at radius 2 is 1.93 bits per heavy atom. The first-order valence-electron chi connectivity index (χ1n) is 8.69. The van der Waals surface area contributed by atoms with Gasteiger partial charge in [0.05, 0.1) is 23.8 Å². The van der Waals surface area contributed by atoms with E-state index in [0.29, 0.717) is 23.3 Å². The first kappa shape index (κ1) is 22.6. The third-order valence-electron chi connectivity index (χ3n) is 4.12. The van der Waals surface area contributed by atoms with Crippen LogP contribution in [-0.4, -0.2) is 26.9 Å². The van der Waals surface area contributed by atoms with E-state index in [1.807, 2.05) is 53.7 Å². The van der Waals surface area contributed by atoms with E-state index in [1.54, 1.807) is 6.20 Å². The number of aliphatic imine (C=N–C) groups is 1. The van der Waals surface area contributed by atoms with Gasteiger partial charge in [0.2, 0.25) is 0 Å². The van der Waals surface area contributed by atoms with Crippen LogP contribution in [0.2, 0.25) is 10.2 Å². The van der Waals surface area contributed by atoms with Gasteiger partial charge in [-0.25, -0.2) is 9.67 Å². The van der Waals surface area contributed by atoms with Crippen molar-refractivity contribution in [3.05, 3.63) is 70.2 Å². The van der Waals surface area contributed by atoms with Crippen molar-refractivity contribution in [3.63, 3.8) is 0 Å². The Balaban J connectivity index is 0.00000280. The first-order chi connectivity index (χ1) is 13.1. The minimum Gasteiger partial charge on any atom is -0.357 e. The van der Waals surface area contributed by atoms with E-state index in [0.717, 1.165) is 29.4 Å². The molecule has 0 bridgehead atoms. The number of benzene rings is 1. The van der Waals surface area contributed by atoms with Crippen LogP contribution in [0.3, 0.4) is 0 Å². The summed E-state index contributed by atoms with van der Waals surface area (Å²) in [7, 11) is 1.89. The Bertz CT molecular complexity index is 903. The van der Waals surface area contributed by atoms with Crippen LogP contribution < -0.4 is 10.6 Å². The van der Waals surface area contributed by atoms with Crippen molar-refractivity contribution < 1.29 is 0 Å². The monoisotopic (exact) mass is 532 g/mol. The molecule has 0 fully saturated rings. The van der Waals surface area contributed by atoms with Gasteiger partial charge in [-0.1, -0.05) is 35.3 Å². The normalized spacial score (nSPS) is 11.2. The van der Waals surface area contributed by atoms with Crippen LogP contribution >= 0.6 is 47.2 Å². The van der Waals surface area contributed by atoms with Crippen molar-refractivity contribution in [2.75, 3.05) is 6.54 Å². The number of hydrogen-bond donors (Lipinski definition) is 2. The summed E-state index contributed by atoms with van der Waals surface area (Å²) in [6.07, 6.45) is 3.68. The highest BCUT2D eigenvalue weighted by Gasteiger charge is 2.09. The van der Waals surface area contributed by atoms with Gasteiger partial charge in [0.15, 0.2) is 5.96 Å². The topological polar surface area (TPSA) is 59.2 Å². The SMILES string of the molecule is CCNC(=NCc1ccc(-n2cccn2)cc1)NCc1cc(Cl)c(Cl)n1C.I. The number of hydrogen-bond acceptors (Lipinski definition) is 2. The second kappa shape index (κ2) is 10.7. The molecule has 0 radical (unpaired) electrons. The predicted octanol–water partition coefficient (Wildman–Crippen LogP) is 4.39. The molecular formula is C19H23Cl2IN6. The van der Waals surface area contributed by atoms with Crippen molar-refractivity contribution in [3.8, 4) is 5.69 Å². The fourth-order valence-electron chi connectivity index (χ4n) is 2.62. The first-order valence-corrected chi connectivity index (χ1v) is 9.44. The predicted molar refractivity (Wildman–Crippen MR) is 126 cm³/mol. The fraction of sp³-hybridized carbons (Fsp3) is 0.263. The summed E-state index contributed by atoms with van der Waals surface area (Å²) in [4.78, 5) is 4.65. The average molecular weight is 533 g/mol. The highest BCUT2D eigenvalue weighted by molar-refractivity contribution is 14.0. The van der Waals surface area contributed by atoms with E-state index in [9.17, 15) is 0 Å². The Labute approximate surface area is 192 Å². The lowest BCUT2D eigenvalue weighted by Crippen LogP contribution is -2.37. The van der Waals surface area contributed by atoms with E-state index < -0.39 is 0 Å². The average Bonchev–Trinajstić information content (AvgIpc) is 3.30. The van der Waals surface area contributed by atoms with Crippen molar-refractivity contribution in [2.24, 2.45) is 12.0 Å². The third-order valence-corrected chi connectivity index (χ3v) is 4.96. The molecule has 0 aliphatic heterocycles. The lowest BCUT2D eigenvalue weighted by molar-refractivity contribution is 0.752. The highest BCUT2D eigenvalue weighted by Crippen LogP contribution is 2.24. The molecule has 0 amide bonds. The zero-order valence-electron chi connectivity index (χ0n) is 15.7. The summed E-state index contributed by atoms with van der Waals surface area (Å²) < 4.78 is 3.68. The van der Waals surface area contributed by atoms with E-state index >= 15 is 0 Å². The van der Waals surface area contributed by atoms with E-state index in [-0.39, 0.29) is 24.0 Å². The summed E-state index contributed by atoms with van der Waals surface area (Å²) in [5, 5.41) is 11.9. The molecule has 3 rings (SSSR count). The van der Waals surface area contributed by atoms with Crippen molar-refractivity contribution in [1.82, 2.24) is 25.0 Å². The van der Waals surface area contributed by atoms with Crippen LogP contribution in [0.5, 0.6) is 0 Å². The Kier molecular flexibility index (Phi) is 8.65.